The van der Waals surface area contributed by atoms with Gasteiger partial charge in [0.05, 0.1) is 5.69 Å². The number of amides is 1. The number of alkyl halides is 3. The molecular formula is C19H20F3N5O3. The molecule has 1 aromatic heterocycles. The number of aryl methyl sites for hydroxylation is 1. The van der Waals surface area contributed by atoms with Crippen LogP contribution < -0.4 is 5.32 Å². The molecule has 11 heteroatoms. The first-order valence-corrected chi connectivity index (χ1v) is 8.67. The van der Waals surface area contributed by atoms with Crippen LogP contribution in [0.15, 0.2) is 40.9 Å². The van der Waals surface area contributed by atoms with Crippen molar-refractivity contribution in [1.29, 1.82) is 0 Å². The van der Waals surface area contributed by atoms with Gasteiger partial charge in [-0.3, -0.25) is 4.79 Å². The van der Waals surface area contributed by atoms with Gasteiger partial charge < -0.3 is 15.0 Å². The monoisotopic (exact) mass is 423 g/mol. The number of carbonyl (C=O) groups is 1. The van der Waals surface area contributed by atoms with E-state index in [0.29, 0.717) is 11.1 Å². The van der Waals surface area contributed by atoms with E-state index in [1.54, 1.807) is 12.1 Å². The number of carbonyl (C=O) groups excluding carboxylic acids is 1. The summed E-state index contributed by atoms with van der Waals surface area (Å²) in [5.41, 5.74) is 0.985. The number of hydrogen-bond donors (Lipinski definition) is 1. The Kier molecular flexibility index (Phi) is 7.45. The van der Waals surface area contributed by atoms with Crippen molar-refractivity contribution < 1.29 is 27.6 Å². The summed E-state index contributed by atoms with van der Waals surface area (Å²) in [6.45, 7) is 3.22. The molecule has 0 saturated carbocycles. The number of aromatic nitrogens is 2. The molecule has 1 aromatic carbocycles. The van der Waals surface area contributed by atoms with E-state index in [1.165, 1.54) is 21.1 Å². The Hall–Kier alpha value is -3.50. The lowest BCUT2D eigenvalue weighted by atomic mass is 9.98. The Morgan fingerprint density at radius 1 is 1.23 bits per heavy atom. The molecule has 0 unspecified atom stereocenters. The SMILES string of the molecule is CNC(=O)/C(=N/OC)c1cccc(C)c1CO/N=C(\C)c1cc(C(F)(F)F)ncn1. The van der Waals surface area contributed by atoms with Crippen LogP contribution in [0.3, 0.4) is 0 Å². The van der Waals surface area contributed by atoms with Gasteiger partial charge in [0.15, 0.2) is 5.71 Å². The summed E-state index contributed by atoms with van der Waals surface area (Å²) in [5, 5.41) is 10.1. The fourth-order valence-corrected chi connectivity index (χ4v) is 2.49. The van der Waals surface area contributed by atoms with Crippen LogP contribution in [0.25, 0.3) is 0 Å². The van der Waals surface area contributed by atoms with Gasteiger partial charge in [0, 0.05) is 18.2 Å². The quantitative estimate of drug-likeness (QED) is 0.546. The van der Waals surface area contributed by atoms with Crippen LogP contribution in [-0.2, 0) is 27.3 Å². The molecule has 8 nitrogen and oxygen atoms in total. The predicted molar refractivity (Wildman–Crippen MR) is 103 cm³/mol. The van der Waals surface area contributed by atoms with Crippen LogP contribution in [0.5, 0.6) is 0 Å². The van der Waals surface area contributed by atoms with Crippen LogP contribution in [0, 0.1) is 6.92 Å². The Morgan fingerprint density at radius 2 is 1.97 bits per heavy atom. The minimum atomic E-state index is -4.59. The molecular weight excluding hydrogens is 403 g/mol. The molecule has 0 aliphatic rings. The smallest absolute Gasteiger partial charge is 0.398 e. The van der Waals surface area contributed by atoms with Crippen molar-refractivity contribution in [3.05, 3.63) is 58.7 Å². The van der Waals surface area contributed by atoms with Crippen molar-refractivity contribution >= 4 is 17.3 Å². The van der Waals surface area contributed by atoms with Crippen LogP contribution in [-0.4, -0.2) is 41.5 Å². The van der Waals surface area contributed by atoms with E-state index in [0.717, 1.165) is 18.0 Å². The molecule has 0 aliphatic carbocycles. The lowest BCUT2D eigenvalue weighted by Gasteiger charge is -2.13. The van der Waals surface area contributed by atoms with Gasteiger partial charge in [-0.2, -0.15) is 13.2 Å². The lowest BCUT2D eigenvalue weighted by Crippen LogP contribution is -2.29. The van der Waals surface area contributed by atoms with Crippen molar-refractivity contribution in [1.82, 2.24) is 15.3 Å². The molecule has 1 heterocycles. The van der Waals surface area contributed by atoms with Gasteiger partial charge in [-0.05, 0) is 25.5 Å². The first kappa shape index (κ1) is 22.8. The Balaban J connectivity index is 2.28. The highest BCUT2D eigenvalue weighted by Crippen LogP contribution is 2.27. The molecule has 0 aliphatic heterocycles. The standard InChI is InChI=1S/C19H20F3N5O3/c1-11-6-5-7-13(17(27-29-4)18(28)23-3)14(11)9-30-26-12(2)15-8-16(19(20,21)22)25-10-24-15/h5-8,10H,9H2,1-4H3,(H,23,28)/b26-12+,27-17+. The maximum Gasteiger partial charge on any atom is 0.433 e. The van der Waals surface area contributed by atoms with Crippen LogP contribution >= 0.6 is 0 Å². The second-order valence-electron chi connectivity index (χ2n) is 6.04. The summed E-state index contributed by atoms with van der Waals surface area (Å²) in [6, 6.07) is 6.02. The Labute approximate surface area is 170 Å². The number of hydrogen-bond acceptors (Lipinski definition) is 7. The van der Waals surface area contributed by atoms with Gasteiger partial charge >= 0.3 is 6.18 Å². The maximum atomic E-state index is 12.8. The highest BCUT2D eigenvalue weighted by atomic mass is 19.4. The highest BCUT2D eigenvalue weighted by molar-refractivity contribution is 6.45. The molecule has 160 valence electrons. The highest BCUT2D eigenvalue weighted by Gasteiger charge is 2.33. The number of halogens is 3. The van der Waals surface area contributed by atoms with E-state index in [2.05, 4.69) is 25.6 Å². The van der Waals surface area contributed by atoms with E-state index >= 15 is 0 Å². The van der Waals surface area contributed by atoms with E-state index < -0.39 is 17.8 Å². The van der Waals surface area contributed by atoms with E-state index in [4.69, 9.17) is 9.68 Å². The number of oxime groups is 2. The number of nitrogens with one attached hydrogen (secondary N) is 1. The zero-order valence-electron chi connectivity index (χ0n) is 16.7. The number of likely N-dealkylation sites (N-methyl/N-ethyl adjacent to an activating group) is 1. The molecule has 2 aromatic rings. The van der Waals surface area contributed by atoms with Crippen molar-refractivity contribution in [2.75, 3.05) is 14.2 Å². The zero-order chi connectivity index (χ0) is 22.3. The van der Waals surface area contributed by atoms with Gasteiger partial charge in [0.1, 0.15) is 31.4 Å². The topological polar surface area (TPSA) is 98.1 Å². The summed E-state index contributed by atoms with van der Waals surface area (Å²) >= 11 is 0. The average Bonchev–Trinajstić information content (AvgIpc) is 2.72. The third kappa shape index (κ3) is 5.52. The molecule has 0 fully saturated rings. The Morgan fingerprint density at radius 3 is 2.60 bits per heavy atom. The van der Waals surface area contributed by atoms with Crippen LogP contribution in [0.1, 0.15) is 35.0 Å². The minimum absolute atomic E-state index is 0.0191. The van der Waals surface area contributed by atoms with Crippen molar-refractivity contribution in [3.63, 3.8) is 0 Å². The summed E-state index contributed by atoms with van der Waals surface area (Å²) in [5.74, 6) is -0.455. The first-order valence-electron chi connectivity index (χ1n) is 8.67. The van der Waals surface area contributed by atoms with Crippen molar-refractivity contribution in [2.24, 2.45) is 10.3 Å². The minimum Gasteiger partial charge on any atom is -0.398 e. The molecule has 1 amide bonds. The molecule has 0 bridgehead atoms. The van der Waals surface area contributed by atoms with Crippen molar-refractivity contribution in [3.8, 4) is 0 Å². The fraction of sp³-hybridized carbons (Fsp3) is 0.316. The summed E-state index contributed by atoms with van der Waals surface area (Å²) in [6.07, 6.45) is -3.78. The molecule has 0 atom stereocenters. The van der Waals surface area contributed by atoms with E-state index in [1.807, 2.05) is 13.0 Å². The molecule has 2 rings (SSSR count). The maximum absolute atomic E-state index is 12.8. The van der Waals surface area contributed by atoms with E-state index in [9.17, 15) is 18.0 Å². The van der Waals surface area contributed by atoms with Gasteiger partial charge in [-0.15, -0.1) is 0 Å². The van der Waals surface area contributed by atoms with Gasteiger partial charge in [0.25, 0.3) is 5.91 Å². The average molecular weight is 423 g/mol. The van der Waals surface area contributed by atoms with Gasteiger partial charge in [0.2, 0.25) is 0 Å². The molecule has 1 N–H and O–H groups in total. The molecule has 0 saturated heterocycles. The summed E-state index contributed by atoms with van der Waals surface area (Å²) in [4.78, 5) is 29.3. The second-order valence-corrected chi connectivity index (χ2v) is 6.04. The summed E-state index contributed by atoms with van der Waals surface area (Å²) < 4.78 is 38.4. The molecule has 0 radical (unpaired) electrons. The van der Waals surface area contributed by atoms with Crippen LogP contribution in [0.2, 0.25) is 0 Å². The number of nitrogens with zero attached hydrogens (tertiary/aromatic N) is 4. The third-order valence-corrected chi connectivity index (χ3v) is 4.03. The third-order valence-electron chi connectivity index (χ3n) is 4.03. The fourth-order valence-electron chi connectivity index (χ4n) is 2.49. The largest absolute Gasteiger partial charge is 0.433 e. The molecule has 30 heavy (non-hydrogen) atoms. The zero-order valence-corrected chi connectivity index (χ0v) is 16.7. The predicted octanol–water partition coefficient (Wildman–Crippen LogP) is 2.84. The normalized spacial score (nSPS) is 12.5. The summed E-state index contributed by atoms with van der Waals surface area (Å²) in [7, 11) is 2.78. The second kappa shape index (κ2) is 9.81. The van der Waals surface area contributed by atoms with Crippen molar-refractivity contribution in [2.45, 2.75) is 26.6 Å². The number of rotatable bonds is 7. The van der Waals surface area contributed by atoms with E-state index in [-0.39, 0.29) is 23.7 Å². The Bertz CT molecular complexity index is 974. The van der Waals surface area contributed by atoms with Gasteiger partial charge in [-0.25, -0.2) is 9.97 Å². The first-order chi connectivity index (χ1) is 14.2. The molecule has 0 spiro atoms. The van der Waals surface area contributed by atoms with Crippen LogP contribution in [0.4, 0.5) is 13.2 Å². The van der Waals surface area contributed by atoms with Gasteiger partial charge in [-0.1, -0.05) is 28.5 Å². The number of benzene rings is 1. The lowest BCUT2D eigenvalue weighted by molar-refractivity contribution is -0.141.